The van der Waals surface area contributed by atoms with Crippen molar-refractivity contribution >= 4 is 22.8 Å². The number of fused-ring (bicyclic) bond motifs is 3. The summed E-state index contributed by atoms with van der Waals surface area (Å²) in [5.41, 5.74) is 5.38. The first-order chi connectivity index (χ1) is 14.1. The Morgan fingerprint density at radius 2 is 2.07 bits per heavy atom. The number of aromatic amines is 1. The van der Waals surface area contributed by atoms with Crippen LogP contribution in [-0.4, -0.2) is 33.4 Å². The van der Waals surface area contributed by atoms with E-state index in [1.807, 2.05) is 23.1 Å². The Bertz CT molecular complexity index is 1150. The maximum Gasteiger partial charge on any atom is 0.319 e. The minimum atomic E-state index is -0.519. The summed E-state index contributed by atoms with van der Waals surface area (Å²) in [6, 6.07) is 11.1. The molecule has 2 aliphatic heterocycles. The highest BCUT2D eigenvalue weighted by Crippen LogP contribution is 2.31. The molecule has 7 nitrogen and oxygen atoms in total. The van der Waals surface area contributed by atoms with Gasteiger partial charge in [-0.2, -0.15) is 0 Å². The fourth-order valence-electron chi connectivity index (χ4n) is 4.31. The normalized spacial score (nSPS) is 19.0. The van der Waals surface area contributed by atoms with Gasteiger partial charge in [0.05, 0.1) is 18.2 Å². The number of urea groups is 1. The van der Waals surface area contributed by atoms with Crippen molar-refractivity contribution in [3.8, 4) is 0 Å². The first-order valence-corrected chi connectivity index (χ1v) is 9.68. The van der Waals surface area contributed by atoms with Gasteiger partial charge in [0.2, 0.25) is 0 Å². The number of hydrogen-bond donors (Lipinski definition) is 3. The van der Waals surface area contributed by atoms with Gasteiger partial charge < -0.3 is 20.5 Å². The van der Waals surface area contributed by atoms with Gasteiger partial charge in [0, 0.05) is 41.2 Å². The van der Waals surface area contributed by atoms with Crippen molar-refractivity contribution in [1.29, 1.82) is 0 Å². The van der Waals surface area contributed by atoms with E-state index in [4.69, 9.17) is 0 Å². The smallest absolute Gasteiger partial charge is 0.319 e. The topological polar surface area (TPSA) is 90.1 Å². The maximum absolute atomic E-state index is 13.5. The fourth-order valence-corrected chi connectivity index (χ4v) is 4.31. The van der Waals surface area contributed by atoms with Gasteiger partial charge in [0.25, 0.3) is 5.91 Å². The number of carbonyl (C=O) groups excluding carboxylic acids is 2. The van der Waals surface area contributed by atoms with Crippen molar-refractivity contribution in [3.05, 3.63) is 76.9 Å². The van der Waals surface area contributed by atoms with Crippen molar-refractivity contribution in [3.63, 3.8) is 0 Å². The quantitative estimate of drug-likeness (QED) is 0.632. The van der Waals surface area contributed by atoms with Crippen molar-refractivity contribution in [2.75, 3.05) is 6.54 Å². The van der Waals surface area contributed by atoms with Crippen LogP contribution in [0.1, 0.15) is 29.8 Å². The lowest BCUT2D eigenvalue weighted by Crippen LogP contribution is -2.48. The Morgan fingerprint density at radius 1 is 1.21 bits per heavy atom. The minimum Gasteiger partial charge on any atom is -0.357 e. The number of rotatable bonds is 2. The molecule has 5 rings (SSSR count). The van der Waals surface area contributed by atoms with Gasteiger partial charge >= 0.3 is 6.03 Å². The van der Waals surface area contributed by atoms with Gasteiger partial charge in [-0.25, -0.2) is 4.79 Å². The number of benzene rings is 1. The summed E-state index contributed by atoms with van der Waals surface area (Å²) < 4.78 is 0. The molecule has 146 valence electrons. The van der Waals surface area contributed by atoms with Crippen LogP contribution in [0.2, 0.25) is 0 Å². The molecule has 0 radical (unpaired) electrons. The first kappa shape index (κ1) is 17.5. The number of nitrogens with zero attached hydrogens (tertiary/aromatic N) is 2. The zero-order valence-electron chi connectivity index (χ0n) is 16.0. The number of H-pyrrole nitrogens is 1. The van der Waals surface area contributed by atoms with Crippen LogP contribution in [0, 0.1) is 0 Å². The van der Waals surface area contributed by atoms with Crippen LogP contribution in [0.25, 0.3) is 10.9 Å². The van der Waals surface area contributed by atoms with Gasteiger partial charge in [-0.15, -0.1) is 0 Å². The number of carbonyl (C=O) groups is 2. The van der Waals surface area contributed by atoms with Crippen LogP contribution >= 0.6 is 0 Å². The average molecular weight is 387 g/mol. The van der Waals surface area contributed by atoms with E-state index < -0.39 is 6.04 Å². The molecule has 2 aromatic heterocycles. The fraction of sp³-hybridized carbons (Fsp3) is 0.227. The molecule has 0 saturated heterocycles. The van der Waals surface area contributed by atoms with Gasteiger partial charge in [-0.3, -0.25) is 9.78 Å². The molecule has 0 unspecified atom stereocenters. The number of amides is 3. The zero-order chi connectivity index (χ0) is 20.0. The third kappa shape index (κ3) is 2.95. The number of pyridine rings is 1. The highest BCUT2D eigenvalue weighted by Gasteiger charge is 2.35. The molecule has 0 bridgehead atoms. The van der Waals surface area contributed by atoms with Crippen LogP contribution in [0.5, 0.6) is 0 Å². The lowest BCUT2D eigenvalue weighted by Gasteiger charge is -2.33. The summed E-state index contributed by atoms with van der Waals surface area (Å²) in [6.45, 7) is 2.93. The van der Waals surface area contributed by atoms with Gasteiger partial charge in [-0.05, 0) is 36.6 Å². The van der Waals surface area contributed by atoms with E-state index >= 15 is 0 Å². The number of para-hydroxylation sites is 1. The molecule has 3 aromatic rings. The highest BCUT2D eigenvalue weighted by atomic mass is 16.2. The molecule has 7 heteroatoms. The Kier molecular flexibility index (Phi) is 4.08. The Balaban J connectivity index is 1.48. The van der Waals surface area contributed by atoms with E-state index in [0.717, 1.165) is 23.2 Å². The predicted molar refractivity (Wildman–Crippen MR) is 109 cm³/mol. The molecular weight excluding hydrogens is 366 g/mol. The molecule has 29 heavy (non-hydrogen) atoms. The predicted octanol–water partition coefficient (Wildman–Crippen LogP) is 2.78. The Hall–Kier alpha value is -3.61. The average Bonchev–Trinajstić information content (AvgIpc) is 3.11. The second-order valence-electron chi connectivity index (χ2n) is 7.46. The summed E-state index contributed by atoms with van der Waals surface area (Å²) in [4.78, 5) is 35.0. The monoisotopic (exact) mass is 387 g/mol. The number of nitrogens with one attached hydrogen (secondary N) is 3. The van der Waals surface area contributed by atoms with E-state index in [-0.39, 0.29) is 11.9 Å². The number of aromatic nitrogens is 2. The van der Waals surface area contributed by atoms with E-state index in [1.54, 1.807) is 25.4 Å². The van der Waals surface area contributed by atoms with Crippen molar-refractivity contribution < 1.29 is 9.59 Å². The SMILES string of the molecule is CC1=C(C(=O)N2CCc3c([nH]c4ccccc34)C2)[C@@H](c2cccnc2)NC(=O)N1. The van der Waals surface area contributed by atoms with Crippen LogP contribution in [0.4, 0.5) is 4.79 Å². The summed E-state index contributed by atoms with van der Waals surface area (Å²) in [6.07, 6.45) is 4.16. The third-order valence-electron chi connectivity index (χ3n) is 5.69. The Labute approximate surface area is 167 Å². The second-order valence-corrected chi connectivity index (χ2v) is 7.46. The molecule has 3 amide bonds. The molecule has 4 heterocycles. The van der Waals surface area contributed by atoms with E-state index in [2.05, 4.69) is 32.7 Å². The van der Waals surface area contributed by atoms with Crippen LogP contribution in [-0.2, 0) is 17.8 Å². The van der Waals surface area contributed by atoms with Crippen molar-refractivity contribution in [2.24, 2.45) is 0 Å². The highest BCUT2D eigenvalue weighted by molar-refractivity contribution is 5.99. The van der Waals surface area contributed by atoms with E-state index in [9.17, 15) is 9.59 Å². The number of allylic oxidation sites excluding steroid dienone is 1. The standard InChI is InChI=1S/C22H21N5O2/c1-13-19(20(26-22(29)24-13)14-5-4-9-23-11-14)21(28)27-10-8-16-15-6-2-3-7-17(15)25-18(16)12-27/h2-7,9,11,20,25H,8,10,12H2,1H3,(H2,24,26,29)/t20-/m1/s1. The first-order valence-electron chi connectivity index (χ1n) is 9.68. The van der Waals surface area contributed by atoms with Crippen LogP contribution < -0.4 is 10.6 Å². The molecular formula is C22H21N5O2. The van der Waals surface area contributed by atoms with E-state index in [0.29, 0.717) is 24.4 Å². The summed E-state index contributed by atoms with van der Waals surface area (Å²) >= 11 is 0. The molecule has 0 spiro atoms. The van der Waals surface area contributed by atoms with E-state index in [1.165, 1.54) is 10.9 Å². The number of hydrogen-bond acceptors (Lipinski definition) is 3. The summed E-state index contributed by atoms with van der Waals surface area (Å²) in [7, 11) is 0. The molecule has 1 aromatic carbocycles. The Morgan fingerprint density at radius 3 is 2.90 bits per heavy atom. The molecule has 3 N–H and O–H groups in total. The maximum atomic E-state index is 13.5. The van der Waals surface area contributed by atoms with Gasteiger partial charge in [-0.1, -0.05) is 24.3 Å². The van der Waals surface area contributed by atoms with Gasteiger partial charge in [0.15, 0.2) is 0 Å². The summed E-state index contributed by atoms with van der Waals surface area (Å²) in [5.74, 6) is -0.0758. The van der Waals surface area contributed by atoms with Crippen LogP contribution in [0.15, 0.2) is 60.1 Å². The lowest BCUT2D eigenvalue weighted by molar-refractivity contribution is -0.128. The second kappa shape index (κ2) is 6.77. The van der Waals surface area contributed by atoms with Crippen molar-refractivity contribution in [1.82, 2.24) is 25.5 Å². The van der Waals surface area contributed by atoms with Gasteiger partial charge in [0.1, 0.15) is 0 Å². The van der Waals surface area contributed by atoms with Crippen LogP contribution in [0.3, 0.4) is 0 Å². The molecule has 0 saturated carbocycles. The molecule has 0 aliphatic carbocycles. The van der Waals surface area contributed by atoms with Crippen molar-refractivity contribution in [2.45, 2.75) is 25.9 Å². The molecule has 0 fully saturated rings. The summed E-state index contributed by atoms with van der Waals surface area (Å²) in [5, 5.41) is 6.84. The minimum absolute atomic E-state index is 0.0758. The zero-order valence-corrected chi connectivity index (χ0v) is 16.0. The lowest BCUT2D eigenvalue weighted by atomic mass is 9.94. The molecule has 1 atom stereocenters. The molecule has 2 aliphatic rings. The third-order valence-corrected chi connectivity index (χ3v) is 5.69. The largest absolute Gasteiger partial charge is 0.357 e.